The van der Waals surface area contributed by atoms with Gasteiger partial charge in [-0.05, 0) is 43.4 Å². The van der Waals surface area contributed by atoms with Crippen LogP contribution in [0.2, 0.25) is 0 Å². The third-order valence-corrected chi connectivity index (χ3v) is 3.59. The van der Waals surface area contributed by atoms with E-state index in [1.165, 1.54) is 36.9 Å². The molecule has 1 N–H and O–H groups in total. The van der Waals surface area contributed by atoms with Crippen molar-refractivity contribution in [2.75, 3.05) is 6.54 Å². The van der Waals surface area contributed by atoms with E-state index in [2.05, 4.69) is 43.4 Å². The van der Waals surface area contributed by atoms with Gasteiger partial charge >= 0.3 is 0 Å². The van der Waals surface area contributed by atoms with Gasteiger partial charge in [-0.1, -0.05) is 44.0 Å². The van der Waals surface area contributed by atoms with Crippen molar-refractivity contribution in [3.8, 4) is 0 Å². The molecule has 88 valence electrons. The first kappa shape index (κ1) is 11.7. The van der Waals surface area contributed by atoms with Crippen molar-refractivity contribution >= 4 is 0 Å². The van der Waals surface area contributed by atoms with E-state index >= 15 is 0 Å². The lowest BCUT2D eigenvalue weighted by Crippen LogP contribution is -2.20. The van der Waals surface area contributed by atoms with Crippen LogP contribution >= 0.6 is 0 Å². The van der Waals surface area contributed by atoms with Crippen molar-refractivity contribution in [3.05, 3.63) is 35.4 Å². The Morgan fingerprint density at radius 1 is 1.25 bits per heavy atom. The van der Waals surface area contributed by atoms with Crippen LogP contribution in [0.25, 0.3) is 0 Å². The highest BCUT2D eigenvalue weighted by Crippen LogP contribution is 2.31. The lowest BCUT2D eigenvalue weighted by molar-refractivity contribution is 0.539. The number of rotatable bonds is 6. The number of aryl methyl sites for hydroxylation is 1. The molecule has 1 aromatic rings. The Morgan fingerprint density at radius 3 is 2.50 bits per heavy atom. The van der Waals surface area contributed by atoms with E-state index in [1.807, 2.05) is 0 Å². The molecule has 1 aliphatic rings. The van der Waals surface area contributed by atoms with E-state index in [0.717, 1.165) is 12.3 Å². The maximum atomic E-state index is 3.61. The molecule has 1 aromatic carbocycles. The van der Waals surface area contributed by atoms with Crippen LogP contribution in [0.1, 0.15) is 50.3 Å². The SMILES string of the molecule is CCc1ccc(C(C)NCCC2CC2)cc1. The maximum Gasteiger partial charge on any atom is 0.0291 e. The zero-order valence-electron chi connectivity index (χ0n) is 10.5. The van der Waals surface area contributed by atoms with Crippen LogP contribution in [0.5, 0.6) is 0 Å². The van der Waals surface area contributed by atoms with Crippen molar-refractivity contribution in [2.45, 2.75) is 45.6 Å². The molecule has 0 bridgehead atoms. The fourth-order valence-electron chi connectivity index (χ4n) is 2.07. The first-order valence-corrected chi connectivity index (χ1v) is 6.62. The van der Waals surface area contributed by atoms with E-state index in [9.17, 15) is 0 Å². The van der Waals surface area contributed by atoms with Gasteiger partial charge in [0, 0.05) is 6.04 Å². The Bertz CT molecular complexity index is 311. The Balaban J connectivity index is 1.79. The molecule has 0 aliphatic heterocycles. The molecule has 0 aromatic heterocycles. The van der Waals surface area contributed by atoms with Crippen LogP contribution in [0, 0.1) is 5.92 Å². The van der Waals surface area contributed by atoms with E-state index in [1.54, 1.807) is 0 Å². The number of nitrogens with one attached hydrogen (secondary N) is 1. The largest absolute Gasteiger partial charge is 0.310 e. The van der Waals surface area contributed by atoms with E-state index in [-0.39, 0.29) is 0 Å². The van der Waals surface area contributed by atoms with Crippen molar-refractivity contribution < 1.29 is 0 Å². The molecule has 1 fully saturated rings. The van der Waals surface area contributed by atoms with E-state index in [0.29, 0.717) is 6.04 Å². The van der Waals surface area contributed by atoms with Gasteiger partial charge in [-0.2, -0.15) is 0 Å². The molecule has 0 saturated heterocycles. The van der Waals surface area contributed by atoms with Gasteiger partial charge in [0.2, 0.25) is 0 Å². The van der Waals surface area contributed by atoms with E-state index < -0.39 is 0 Å². The molecule has 1 nitrogen and oxygen atoms in total. The van der Waals surface area contributed by atoms with Gasteiger partial charge < -0.3 is 5.32 Å². The smallest absolute Gasteiger partial charge is 0.0291 e. The Kier molecular flexibility index (Phi) is 4.00. The molecular weight excluding hydrogens is 194 g/mol. The summed E-state index contributed by atoms with van der Waals surface area (Å²) in [6.07, 6.45) is 5.41. The fraction of sp³-hybridized carbons (Fsp3) is 0.600. The van der Waals surface area contributed by atoms with Crippen LogP contribution in [-0.4, -0.2) is 6.54 Å². The average Bonchev–Trinajstić information content (AvgIpc) is 3.13. The molecule has 1 saturated carbocycles. The number of benzene rings is 1. The van der Waals surface area contributed by atoms with Crippen LogP contribution in [0.3, 0.4) is 0 Å². The first-order chi connectivity index (χ1) is 7.79. The van der Waals surface area contributed by atoms with Gasteiger partial charge in [0.15, 0.2) is 0 Å². The Labute approximate surface area is 99.3 Å². The predicted molar refractivity (Wildman–Crippen MR) is 69.6 cm³/mol. The third kappa shape index (κ3) is 3.34. The van der Waals surface area contributed by atoms with Gasteiger partial charge in [-0.25, -0.2) is 0 Å². The second kappa shape index (κ2) is 5.49. The van der Waals surface area contributed by atoms with Crippen molar-refractivity contribution in [1.82, 2.24) is 5.32 Å². The predicted octanol–water partition coefficient (Wildman–Crippen LogP) is 3.70. The van der Waals surface area contributed by atoms with Gasteiger partial charge in [-0.15, -0.1) is 0 Å². The van der Waals surface area contributed by atoms with Gasteiger partial charge in [0.25, 0.3) is 0 Å². The average molecular weight is 217 g/mol. The summed E-state index contributed by atoms with van der Waals surface area (Å²) in [6.45, 7) is 5.63. The summed E-state index contributed by atoms with van der Waals surface area (Å²) in [5, 5.41) is 3.61. The van der Waals surface area contributed by atoms with Crippen LogP contribution in [0.15, 0.2) is 24.3 Å². The second-order valence-electron chi connectivity index (χ2n) is 5.00. The molecule has 1 heteroatoms. The van der Waals surface area contributed by atoms with Gasteiger partial charge in [-0.3, -0.25) is 0 Å². The standard InChI is InChI=1S/C15H23N/c1-3-13-6-8-15(9-7-13)12(2)16-11-10-14-4-5-14/h6-9,12,14,16H,3-5,10-11H2,1-2H3. The summed E-state index contributed by atoms with van der Waals surface area (Å²) in [7, 11) is 0. The molecule has 16 heavy (non-hydrogen) atoms. The molecule has 1 atom stereocenters. The summed E-state index contributed by atoms with van der Waals surface area (Å²) in [5.41, 5.74) is 2.84. The normalized spacial score (nSPS) is 17.4. The van der Waals surface area contributed by atoms with Crippen molar-refractivity contribution in [1.29, 1.82) is 0 Å². The minimum absolute atomic E-state index is 0.490. The second-order valence-corrected chi connectivity index (χ2v) is 5.00. The Hall–Kier alpha value is -0.820. The van der Waals surface area contributed by atoms with Gasteiger partial charge in [0.05, 0.1) is 0 Å². The summed E-state index contributed by atoms with van der Waals surface area (Å²) in [6, 6.07) is 9.49. The number of hydrogen-bond donors (Lipinski definition) is 1. The van der Waals surface area contributed by atoms with Crippen molar-refractivity contribution in [2.24, 2.45) is 5.92 Å². The molecule has 1 unspecified atom stereocenters. The minimum atomic E-state index is 0.490. The van der Waals surface area contributed by atoms with Crippen LogP contribution in [0.4, 0.5) is 0 Å². The summed E-state index contributed by atoms with van der Waals surface area (Å²) in [4.78, 5) is 0. The monoisotopic (exact) mass is 217 g/mol. The molecule has 0 heterocycles. The highest BCUT2D eigenvalue weighted by Gasteiger charge is 2.20. The van der Waals surface area contributed by atoms with Crippen LogP contribution < -0.4 is 5.32 Å². The molecule has 2 rings (SSSR count). The van der Waals surface area contributed by atoms with E-state index in [4.69, 9.17) is 0 Å². The summed E-state index contributed by atoms with van der Waals surface area (Å²) >= 11 is 0. The molecule has 1 aliphatic carbocycles. The lowest BCUT2D eigenvalue weighted by Gasteiger charge is -2.14. The summed E-state index contributed by atoms with van der Waals surface area (Å²) < 4.78 is 0. The zero-order chi connectivity index (χ0) is 11.4. The lowest BCUT2D eigenvalue weighted by atomic mass is 10.0. The first-order valence-electron chi connectivity index (χ1n) is 6.62. The quantitative estimate of drug-likeness (QED) is 0.766. The van der Waals surface area contributed by atoms with Crippen LogP contribution in [-0.2, 0) is 6.42 Å². The molecular formula is C15H23N. The highest BCUT2D eigenvalue weighted by atomic mass is 14.9. The Morgan fingerprint density at radius 2 is 1.94 bits per heavy atom. The topological polar surface area (TPSA) is 12.0 Å². The highest BCUT2D eigenvalue weighted by molar-refractivity contribution is 5.24. The summed E-state index contributed by atoms with van der Waals surface area (Å²) in [5.74, 6) is 1.03. The zero-order valence-corrected chi connectivity index (χ0v) is 10.5. The molecule has 0 amide bonds. The fourth-order valence-corrected chi connectivity index (χ4v) is 2.07. The number of hydrogen-bond acceptors (Lipinski definition) is 1. The third-order valence-electron chi connectivity index (χ3n) is 3.59. The van der Waals surface area contributed by atoms with Gasteiger partial charge in [0.1, 0.15) is 0 Å². The maximum absolute atomic E-state index is 3.61. The van der Waals surface area contributed by atoms with Crippen molar-refractivity contribution in [3.63, 3.8) is 0 Å². The molecule has 0 radical (unpaired) electrons. The molecule has 0 spiro atoms. The minimum Gasteiger partial charge on any atom is -0.310 e.